The van der Waals surface area contributed by atoms with E-state index in [1.54, 1.807) is 0 Å². The van der Waals surface area contributed by atoms with Crippen molar-refractivity contribution in [3.63, 3.8) is 0 Å². The van der Waals surface area contributed by atoms with E-state index in [0.29, 0.717) is 5.76 Å². The van der Waals surface area contributed by atoms with Crippen molar-refractivity contribution in [3.05, 3.63) is 42.1 Å². The zero-order chi connectivity index (χ0) is 14.8. The second kappa shape index (κ2) is 5.40. The summed E-state index contributed by atoms with van der Waals surface area (Å²) in [4.78, 5) is 23.2. The second-order valence-electron chi connectivity index (χ2n) is 5.07. The highest BCUT2D eigenvalue weighted by atomic mass is 16.5. The van der Waals surface area contributed by atoms with Crippen LogP contribution in [-0.4, -0.2) is 28.2 Å². The predicted molar refractivity (Wildman–Crippen MR) is 73.6 cm³/mol. The van der Waals surface area contributed by atoms with Crippen molar-refractivity contribution in [2.75, 3.05) is 0 Å². The fourth-order valence-electron chi connectivity index (χ4n) is 2.15. The van der Waals surface area contributed by atoms with Gasteiger partial charge >= 0.3 is 5.97 Å². The number of aliphatic carboxylic acids is 1. The van der Waals surface area contributed by atoms with Crippen LogP contribution >= 0.6 is 0 Å². The number of hydrogen-bond donors (Lipinski definition) is 2. The van der Waals surface area contributed by atoms with E-state index >= 15 is 0 Å². The first-order valence-electron chi connectivity index (χ1n) is 6.71. The first kappa shape index (κ1) is 13.4. The highest BCUT2D eigenvalue weighted by Gasteiger charge is 2.37. The third kappa shape index (κ3) is 2.94. The Morgan fingerprint density at radius 3 is 2.62 bits per heavy atom. The van der Waals surface area contributed by atoms with Crippen LogP contribution < -0.4 is 5.32 Å². The fraction of sp³-hybridized carbons (Fsp3) is 0.267. The molecule has 3 rings (SSSR count). The van der Waals surface area contributed by atoms with Crippen molar-refractivity contribution in [1.82, 2.24) is 10.5 Å². The van der Waals surface area contributed by atoms with Gasteiger partial charge in [-0.3, -0.25) is 4.79 Å². The Kier molecular flexibility index (Phi) is 3.43. The van der Waals surface area contributed by atoms with Gasteiger partial charge in [-0.1, -0.05) is 35.5 Å². The number of hydrogen-bond acceptors (Lipinski definition) is 4. The minimum Gasteiger partial charge on any atom is -0.480 e. The zero-order valence-electron chi connectivity index (χ0n) is 11.2. The first-order chi connectivity index (χ1) is 10.1. The second-order valence-corrected chi connectivity index (χ2v) is 5.07. The molecule has 1 aliphatic rings. The van der Waals surface area contributed by atoms with E-state index < -0.39 is 17.9 Å². The van der Waals surface area contributed by atoms with Crippen LogP contribution in [0.2, 0.25) is 0 Å². The molecule has 2 aromatic rings. The van der Waals surface area contributed by atoms with Crippen molar-refractivity contribution < 1.29 is 19.2 Å². The number of rotatable bonds is 5. The molecule has 1 amide bonds. The van der Waals surface area contributed by atoms with Gasteiger partial charge in [0.15, 0.2) is 11.5 Å². The van der Waals surface area contributed by atoms with Crippen LogP contribution in [0.15, 0.2) is 40.9 Å². The lowest BCUT2D eigenvalue weighted by Gasteiger charge is -2.11. The molecule has 1 aromatic heterocycles. The Bertz CT molecular complexity index is 661. The van der Waals surface area contributed by atoms with Gasteiger partial charge in [-0.15, -0.1) is 0 Å². The number of carbonyl (C=O) groups excluding carboxylic acids is 1. The molecule has 6 nitrogen and oxygen atoms in total. The third-order valence-corrected chi connectivity index (χ3v) is 3.45. The van der Waals surface area contributed by atoms with Crippen LogP contribution in [0.25, 0.3) is 11.3 Å². The largest absolute Gasteiger partial charge is 0.480 e. The van der Waals surface area contributed by atoms with Gasteiger partial charge in [0.2, 0.25) is 0 Å². The van der Waals surface area contributed by atoms with Crippen LogP contribution in [0, 0.1) is 5.92 Å². The van der Waals surface area contributed by atoms with E-state index in [-0.39, 0.29) is 11.6 Å². The quantitative estimate of drug-likeness (QED) is 0.876. The number of carbonyl (C=O) groups is 2. The third-order valence-electron chi connectivity index (χ3n) is 3.45. The summed E-state index contributed by atoms with van der Waals surface area (Å²) in [5.41, 5.74) is 0.891. The van der Waals surface area contributed by atoms with Gasteiger partial charge in [0.1, 0.15) is 6.04 Å². The summed E-state index contributed by atoms with van der Waals surface area (Å²) in [5, 5.41) is 15.3. The summed E-state index contributed by atoms with van der Waals surface area (Å²) in [6.07, 6.45) is 1.65. The van der Waals surface area contributed by atoms with Gasteiger partial charge in [-0.05, 0) is 18.8 Å². The molecule has 0 aliphatic heterocycles. The smallest absolute Gasteiger partial charge is 0.326 e. The van der Waals surface area contributed by atoms with Crippen molar-refractivity contribution in [2.24, 2.45) is 5.92 Å². The fourth-order valence-corrected chi connectivity index (χ4v) is 2.15. The maximum atomic E-state index is 12.0. The molecule has 1 fully saturated rings. The first-order valence-corrected chi connectivity index (χ1v) is 6.71. The Morgan fingerprint density at radius 2 is 2.00 bits per heavy atom. The molecule has 1 aliphatic carbocycles. The summed E-state index contributed by atoms with van der Waals surface area (Å²) in [6, 6.07) is 9.92. The molecule has 1 atom stereocenters. The summed E-state index contributed by atoms with van der Waals surface area (Å²) in [6.45, 7) is 0. The number of carboxylic acids is 1. The number of carboxylic acid groups (broad SMARTS) is 1. The summed E-state index contributed by atoms with van der Waals surface area (Å²) < 4.78 is 5.13. The minimum absolute atomic E-state index is 0.0203. The highest BCUT2D eigenvalue weighted by molar-refractivity contribution is 5.95. The zero-order valence-corrected chi connectivity index (χ0v) is 11.2. The van der Waals surface area contributed by atoms with Crippen LogP contribution in [0.5, 0.6) is 0 Å². The molecule has 1 aromatic carbocycles. The maximum Gasteiger partial charge on any atom is 0.326 e. The van der Waals surface area contributed by atoms with E-state index in [4.69, 9.17) is 9.63 Å². The van der Waals surface area contributed by atoms with Crippen LogP contribution in [0.3, 0.4) is 0 Å². The molecule has 108 valence electrons. The Morgan fingerprint density at radius 1 is 1.29 bits per heavy atom. The van der Waals surface area contributed by atoms with Crippen LogP contribution in [0.1, 0.15) is 23.3 Å². The molecule has 1 saturated carbocycles. The van der Waals surface area contributed by atoms with Crippen LogP contribution in [-0.2, 0) is 4.79 Å². The molecule has 6 heteroatoms. The minimum atomic E-state index is -1.02. The van der Waals surface area contributed by atoms with Gasteiger partial charge < -0.3 is 14.9 Å². The van der Waals surface area contributed by atoms with E-state index in [1.807, 2.05) is 30.3 Å². The van der Waals surface area contributed by atoms with Crippen LogP contribution in [0.4, 0.5) is 0 Å². The highest BCUT2D eigenvalue weighted by Crippen LogP contribution is 2.33. The number of amides is 1. The Balaban J connectivity index is 1.73. The lowest BCUT2D eigenvalue weighted by Crippen LogP contribution is -2.42. The van der Waals surface area contributed by atoms with Gasteiger partial charge in [-0.25, -0.2) is 4.79 Å². The predicted octanol–water partition coefficient (Wildman–Crippen LogP) is 1.93. The monoisotopic (exact) mass is 286 g/mol. The lowest BCUT2D eigenvalue weighted by atomic mass is 10.1. The normalized spacial score (nSPS) is 15.4. The number of nitrogens with zero attached hydrogens (tertiary/aromatic N) is 1. The molecule has 0 saturated heterocycles. The SMILES string of the molecule is O=C(NC(C(=O)O)C1CC1)c1cc(-c2ccccc2)on1. The van der Waals surface area contributed by atoms with Crippen molar-refractivity contribution in [1.29, 1.82) is 0 Å². The lowest BCUT2D eigenvalue weighted by molar-refractivity contribution is -0.139. The number of nitrogens with one attached hydrogen (secondary N) is 1. The Labute approximate surface area is 120 Å². The van der Waals surface area contributed by atoms with Gasteiger partial charge in [0.25, 0.3) is 5.91 Å². The van der Waals surface area contributed by atoms with Gasteiger partial charge in [0.05, 0.1) is 0 Å². The van der Waals surface area contributed by atoms with E-state index in [0.717, 1.165) is 18.4 Å². The molecule has 0 radical (unpaired) electrons. The van der Waals surface area contributed by atoms with Crippen molar-refractivity contribution in [3.8, 4) is 11.3 Å². The number of benzene rings is 1. The number of aromatic nitrogens is 1. The molecule has 0 spiro atoms. The average molecular weight is 286 g/mol. The summed E-state index contributed by atoms with van der Waals surface area (Å²) in [5.74, 6) is -1.05. The molecule has 21 heavy (non-hydrogen) atoms. The van der Waals surface area contributed by atoms with Crippen molar-refractivity contribution >= 4 is 11.9 Å². The van der Waals surface area contributed by atoms with Gasteiger partial charge in [0, 0.05) is 11.6 Å². The molecule has 2 N–H and O–H groups in total. The topological polar surface area (TPSA) is 92.4 Å². The molecule has 0 bridgehead atoms. The Hall–Kier alpha value is -2.63. The molecule has 1 unspecified atom stereocenters. The molecule has 1 heterocycles. The standard InChI is InChI=1S/C15H14N2O4/c18-14(16-13(15(19)20)10-6-7-10)11-8-12(21-17-11)9-4-2-1-3-5-9/h1-5,8,10,13H,6-7H2,(H,16,18)(H,19,20). The van der Waals surface area contributed by atoms with Gasteiger partial charge in [-0.2, -0.15) is 0 Å². The molecular weight excluding hydrogens is 272 g/mol. The summed E-state index contributed by atoms with van der Waals surface area (Å²) in [7, 11) is 0. The summed E-state index contributed by atoms with van der Waals surface area (Å²) >= 11 is 0. The maximum absolute atomic E-state index is 12.0. The van der Waals surface area contributed by atoms with Crippen molar-refractivity contribution in [2.45, 2.75) is 18.9 Å². The average Bonchev–Trinajstić information content (AvgIpc) is 3.20. The van der Waals surface area contributed by atoms with E-state index in [1.165, 1.54) is 6.07 Å². The van der Waals surface area contributed by atoms with E-state index in [2.05, 4.69) is 10.5 Å². The van der Waals surface area contributed by atoms with E-state index in [9.17, 15) is 9.59 Å². The molecular formula is C15H14N2O4.